The van der Waals surface area contributed by atoms with Crippen LogP contribution in [0.2, 0.25) is 0 Å². The monoisotopic (exact) mass is 464 g/mol. The van der Waals surface area contributed by atoms with Crippen molar-refractivity contribution >= 4 is 17.4 Å². The zero-order valence-electron chi connectivity index (χ0n) is 20.2. The highest BCUT2D eigenvalue weighted by molar-refractivity contribution is 6.46. The predicted octanol–water partition coefficient (Wildman–Crippen LogP) is 4.38. The summed E-state index contributed by atoms with van der Waals surface area (Å²) in [5.74, 6) is -0.798. The number of carbonyl (C=O) groups excluding carboxylic acids is 2. The molecule has 3 heterocycles. The minimum Gasteiger partial charge on any atom is -0.507 e. The number of rotatable bonds is 6. The Morgan fingerprint density at radius 1 is 1.26 bits per heavy atom. The number of amides is 1. The number of ketones is 1. The number of carbonyl (C=O) groups is 2. The first-order chi connectivity index (χ1) is 16.2. The van der Waals surface area contributed by atoms with Crippen LogP contribution in [0.1, 0.15) is 63.3 Å². The van der Waals surface area contributed by atoms with E-state index in [1.165, 1.54) is 4.90 Å². The zero-order chi connectivity index (χ0) is 24.5. The molecule has 2 atom stereocenters. The molecule has 1 aromatic heterocycles. The van der Waals surface area contributed by atoms with Gasteiger partial charge < -0.3 is 19.5 Å². The first-order valence-corrected chi connectivity index (χ1v) is 11.8. The Morgan fingerprint density at radius 3 is 2.68 bits per heavy atom. The van der Waals surface area contributed by atoms with Gasteiger partial charge in [0.1, 0.15) is 11.5 Å². The molecule has 2 aromatic rings. The van der Waals surface area contributed by atoms with Gasteiger partial charge in [-0.15, -0.1) is 0 Å². The maximum absolute atomic E-state index is 13.2. The van der Waals surface area contributed by atoms with E-state index in [-0.39, 0.29) is 29.4 Å². The molecule has 7 nitrogen and oxygen atoms in total. The molecule has 0 bridgehead atoms. The van der Waals surface area contributed by atoms with E-state index in [4.69, 9.17) is 9.47 Å². The minimum atomic E-state index is -0.734. The van der Waals surface area contributed by atoms with E-state index in [9.17, 15) is 14.7 Å². The van der Waals surface area contributed by atoms with Gasteiger partial charge in [-0.2, -0.15) is 0 Å². The molecule has 7 heteroatoms. The number of nitrogens with zero attached hydrogens (tertiary/aromatic N) is 2. The summed E-state index contributed by atoms with van der Waals surface area (Å²) in [5, 5.41) is 11.4. The number of Topliss-reactive ketones (excluding diaryl/α,β-unsaturated/α-hetero) is 1. The molecule has 1 amide bonds. The van der Waals surface area contributed by atoms with Crippen molar-refractivity contribution in [2.75, 3.05) is 19.8 Å². The Bertz CT molecular complexity index is 1100. The van der Waals surface area contributed by atoms with Gasteiger partial charge in [0.15, 0.2) is 0 Å². The number of pyridine rings is 1. The van der Waals surface area contributed by atoms with Crippen molar-refractivity contribution < 1.29 is 24.2 Å². The van der Waals surface area contributed by atoms with Gasteiger partial charge >= 0.3 is 0 Å². The zero-order valence-corrected chi connectivity index (χ0v) is 20.2. The molecule has 2 fully saturated rings. The topological polar surface area (TPSA) is 89.0 Å². The summed E-state index contributed by atoms with van der Waals surface area (Å²) in [4.78, 5) is 32.1. The highest BCUT2D eigenvalue weighted by Gasteiger charge is 2.47. The largest absolute Gasteiger partial charge is 0.507 e. The fourth-order valence-corrected chi connectivity index (χ4v) is 4.66. The Hall–Kier alpha value is -3.19. The van der Waals surface area contributed by atoms with Crippen molar-refractivity contribution in [3.05, 3.63) is 65.0 Å². The van der Waals surface area contributed by atoms with Gasteiger partial charge in [-0.3, -0.25) is 14.6 Å². The highest BCUT2D eigenvalue weighted by atomic mass is 16.5. The van der Waals surface area contributed by atoms with Crippen molar-refractivity contribution in [3.63, 3.8) is 0 Å². The van der Waals surface area contributed by atoms with Gasteiger partial charge in [0.2, 0.25) is 0 Å². The average molecular weight is 465 g/mol. The lowest BCUT2D eigenvalue weighted by atomic mass is 9.84. The number of aliphatic hydroxyl groups is 1. The predicted molar refractivity (Wildman–Crippen MR) is 129 cm³/mol. The summed E-state index contributed by atoms with van der Waals surface area (Å²) in [6.45, 7) is 9.55. The third kappa shape index (κ3) is 4.57. The van der Waals surface area contributed by atoms with Crippen LogP contribution in [-0.2, 0) is 19.7 Å². The van der Waals surface area contributed by atoms with E-state index in [1.54, 1.807) is 30.6 Å². The first-order valence-electron chi connectivity index (χ1n) is 11.8. The number of ether oxygens (including phenoxy) is 2. The third-order valence-corrected chi connectivity index (χ3v) is 6.33. The van der Waals surface area contributed by atoms with E-state index in [1.807, 2.05) is 19.1 Å². The molecule has 34 heavy (non-hydrogen) atoms. The summed E-state index contributed by atoms with van der Waals surface area (Å²) < 4.78 is 11.5. The molecular weight excluding hydrogens is 432 g/mol. The standard InChI is InChI=1S/C27H32N2O5/c1-5-33-21-11-10-17(14-20(21)27(2,3)4)24(30)22-23(18-8-6-12-28-15-18)29(26(32)25(22)31)16-19-9-7-13-34-19/h6,8,10-12,14-15,19,23,30H,5,7,9,13,16H2,1-4H3/b24-22-. The fraction of sp³-hybridized carbons (Fsp3) is 0.444. The number of likely N-dealkylation sites (tertiary alicyclic amines) is 1. The third-order valence-electron chi connectivity index (χ3n) is 6.33. The van der Waals surface area contributed by atoms with Crippen LogP contribution >= 0.6 is 0 Å². The SMILES string of the molecule is CCOc1ccc(/C(O)=C2/C(=O)C(=O)N(CC3CCCO3)C2c2cccnc2)cc1C(C)(C)C. The summed E-state index contributed by atoms with van der Waals surface area (Å²) in [6.07, 6.45) is 4.89. The van der Waals surface area contributed by atoms with E-state index in [0.29, 0.717) is 24.3 Å². The van der Waals surface area contributed by atoms with Crippen molar-refractivity contribution in [3.8, 4) is 5.75 Å². The Kier molecular flexibility index (Phi) is 6.75. The molecule has 0 saturated carbocycles. The maximum atomic E-state index is 13.2. The molecule has 2 aliphatic rings. The van der Waals surface area contributed by atoms with Crippen LogP contribution in [0.15, 0.2) is 48.3 Å². The second kappa shape index (κ2) is 9.58. The van der Waals surface area contributed by atoms with E-state index >= 15 is 0 Å². The van der Waals surface area contributed by atoms with Gasteiger partial charge in [0, 0.05) is 36.7 Å². The lowest BCUT2D eigenvalue weighted by Crippen LogP contribution is -2.36. The van der Waals surface area contributed by atoms with Crippen molar-refractivity contribution in [2.24, 2.45) is 0 Å². The van der Waals surface area contributed by atoms with Crippen molar-refractivity contribution in [1.29, 1.82) is 0 Å². The van der Waals surface area contributed by atoms with Crippen LogP contribution < -0.4 is 4.74 Å². The lowest BCUT2D eigenvalue weighted by molar-refractivity contribution is -0.140. The van der Waals surface area contributed by atoms with E-state index in [0.717, 1.165) is 24.2 Å². The smallest absolute Gasteiger partial charge is 0.295 e. The average Bonchev–Trinajstić information content (AvgIpc) is 3.41. The second-order valence-electron chi connectivity index (χ2n) is 9.77. The van der Waals surface area contributed by atoms with Crippen molar-refractivity contribution in [2.45, 2.75) is 58.1 Å². The molecule has 0 spiro atoms. The van der Waals surface area contributed by atoms with Crippen LogP contribution in [0.3, 0.4) is 0 Å². The van der Waals surface area contributed by atoms with Crippen LogP contribution in [-0.4, -0.2) is 52.5 Å². The maximum Gasteiger partial charge on any atom is 0.295 e. The molecular formula is C27H32N2O5. The normalized spacial score (nSPS) is 22.4. The summed E-state index contributed by atoms with van der Waals surface area (Å²) in [6, 6.07) is 8.22. The number of benzene rings is 1. The number of hydrogen-bond acceptors (Lipinski definition) is 6. The molecule has 1 N–H and O–H groups in total. The van der Waals surface area contributed by atoms with Crippen LogP contribution in [0, 0.1) is 0 Å². The second-order valence-corrected chi connectivity index (χ2v) is 9.77. The molecule has 1 aromatic carbocycles. The number of aliphatic hydroxyl groups excluding tert-OH is 1. The Balaban J connectivity index is 1.83. The van der Waals surface area contributed by atoms with Crippen LogP contribution in [0.4, 0.5) is 0 Å². The van der Waals surface area contributed by atoms with E-state index < -0.39 is 17.7 Å². The fourth-order valence-electron chi connectivity index (χ4n) is 4.66. The molecule has 2 unspecified atom stereocenters. The van der Waals surface area contributed by atoms with Gasteiger partial charge in [0.25, 0.3) is 11.7 Å². The molecule has 2 saturated heterocycles. The summed E-state index contributed by atoms with van der Waals surface area (Å²) >= 11 is 0. The number of hydrogen-bond donors (Lipinski definition) is 1. The lowest BCUT2D eigenvalue weighted by Gasteiger charge is -2.27. The molecule has 2 aliphatic heterocycles. The first kappa shape index (κ1) is 24.0. The van der Waals surface area contributed by atoms with Crippen LogP contribution in [0.5, 0.6) is 5.75 Å². The Morgan fingerprint density at radius 2 is 2.06 bits per heavy atom. The summed E-state index contributed by atoms with van der Waals surface area (Å²) in [5.41, 5.74) is 1.86. The molecule has 0 aliphatic carbocycles. The molecule has 180 valence electrons. The van der Waals surface area contributed by atoms with Gasteiger partial charge in [0.05, 0.1) is 24.3 Å². The van der Waals surface area contributed by atoms with Crippen LogP contribution in [0.25, 0.3) is 5.76 Å². The molecule has 4 rings (SSSR count). The van der Waals surface area contributed by atoms with E-state index in [2.05, 4.69) is 25.8 Å². The number of aromatic nitrogens is 1. The minimum absolute atomic E-state index is 0.0695. The van der Waals surface area contributed by atoms with Gasteiger partial charge in [-0.1, -0.05) is 26.8 Å². The van der Waals surface area contributed by atoms with Gasteiger partial charge in [-0.25, -0.2) is 0 Å². The van der Waals surface area contributed by atoms with Gasteiger partial charge in [-0.05, 0) is 55.0 Å². The van der Waals surface area contributed by atoms with Crippen molar-refractivity contribution in [1.82, 2.24) is 9.88 Å². The summed E-state index contributed by atoms with van der Waals surface area (Å²) in [7, 11) is 0. The highest BCUT2D eigenvalue weighted by Crippen LogP contribution is 2.41. The Labute approximate surface area is 200 Å². The molecule has 0 radical (unpaired) electrons. The quantitative estimate of drug-likeness (QED) is 0.388.